The number of carbonyl (C=O) groups excluding carboxylic acids is 1. The Labute approximate surface area is 126 Å². The molecule has 1 aromatic heterocycles. The third-order valence-electron chi connectivity index (χ3n) is 3.11. The zero-order valence-corrected chi connectivity index (χ0v) is 12.1. The van der Waals surface area contributed by atoms with Gasteiger partial charge < -0.3 is 9.72 Å². The normalized spacial score (nSPS) is 10.8. The highest BCUT2D eigenvalue weighted by molar-refractivity contribution is 6.30. The predicted octanol–water partition coefficient (Wildman–Crippen LogP) is 4.06. The van der Waals surface area contributed by atoms with E-state index in [1.54, 1.807) is 25.1 Å². The molecule has 0 fully saturated rings. The maximum atomic E-state index is 11.7. The molecule has 0 spiro atoms. The van der Waals surface area contributed by atoms with Crippen molar-refractivity contribution in [2.45, 2.75) is 6.92 Å². The van der Waals surface area contributed by atoms with Crippen molar-refractivity contribution >= 4 is 28.6 Å². The fourth-order valence-corrected chi connectivity index (χ4v) is 2.22. The molecule has 0 bridgehead atoms. The number of aromatic nitrogens is 2. The molecule has 0 amide bonds. The minimum atomic E-state index is -0.331. The monoisotopic (exact) mass is 300 g/mol. The van der Waals surface area contributed by atoms with Gasteiger partial charge in [0.05, 0.1) is 23.2 Å². The molecule has 0 atom stereocenters. The summed E-state index contributed by atoms with van der Waals surface area (Å²) in [5.41, 5.74) is 3.04. The number of hydrogen-bond acceptors (Lipinski definition) is 3. The molecule has 0 saturated heterocycles. The zero-order chi connectivity index (χ0) is 14.8. The number of carbonyl (C=O) groups is 1. The Morgan fingerprint density at radius 2 is 2.00 bits per heavy atom. The number of benzene rings is 2. The molecule has 3 aromatic rings. The lowest BCUT2D eigenvalue weighted by Crippen LogP contribution is -2.04. The van der Waals surface area contributed by atoms with Gasteiger partial charge in [0.1, 0.15) is 5.82 Å². The lowest BCUT2D eigenvalue weighted by molar-refractivity contribution is 0.0526. The lowest BCUT2D eigenvalue weighted by atomic mass is 10.2. The van der Waals surface area contributed by atoms with Crippen LogP contribution in [-0.2, 0) is 4.74 Å². The Hall–Kier alpha value is -2.33. The number of imidazole rings is 1. The smallest absolute Gasteiger partial charge is 0.338 e. The molecule has 5 heteroatoms. The second-order valence-corrected chi connectivity index (χ2v) is 4.98. The molecule has 0 aliphatic carbocycles. The molecule has 4 nitrogen and oxygen atoms in total. The van der Waals surface area contributed by atoms with E-state index in [0.29, 0.717) is 17.2 Å². The second-order valence-electron chi connectivity index (χ2n) is 4.54. The van der Waals surface area contributed by atoms with Gasteiger partial charge in [-0.3, -0.25) is 0 Å². The number of nitrogens with zero attached hydrogens (tertiary/aromatic N) is 1. The number of halogens is 1. The summed E-state index contributed by atoms with van der Waals surface area (Å²) in [6, 6.07) is 12.7. The Morgan fingerprint density at radius 1 is 1.24 bits per heavy atom. The average molecular weight is 301 g/mol. The molecule has 0 unspecified atom stereocenters. The molecule has 2 aromatic carbocycles. The summed E-state index contributed by atoms with van der Waals surface area (Å²) in [5, 5.41) is 0.680. The van der Waals surface area contributed by atoms with Crippen LogP contribution in [0.15, 0.2) is 42.5 Å². The molecule has 21 heavy (non-hydrogen) atoms. The molecule has 1 heterocycles. The summed E-state index contributed by atoms with van der Waals surface area (Å²) in [4.78, 5) is 19.4. The van der Waals surface area contributed by atoms with E-state index >= 15 is 0 Å². The van der Waals surface area contributed by atoms with Crippen molar-refractivity contribution in [2.75, 3.05) is 6.61 Å². The Balaban J connectivity index is 2.00. The van der Waals surface area contributed by atoms with Crippen LogP contribution < -0.4 is 0 Å². The van der Waals surface area contributed by atoms with Crippen molar-refractivity contribution in [3.63, 3.8) is 0 Å². The molecular weight excluding hydrogens is 288 g/mol. The van der Waals surface area contributed by atoms with Gasteiger partial charge in [0.2, 0.25) is 0 Å². The van der Waals surface area contributed by atoms with Crippen molar-refractivity contribution in [3.8, 4) is 11.4 Å². The summed E-state index contributed by atoms with van der Waals surface area (Å²) in [5.74, 6) is 0.407. The molecule has 106 valence electrons. The van der Waals surface area contributed by atoms with Crippen LogP contribution >= 0.6 is 11.6 Å². The molecule has 0 radical (unpaired) electrons. The number of aromatic amines is 1. The van der Waals surface area contributed by atoms with Crippen LogP contribution in [0, 0.1) is 0 Å². The minimum absolute atomic E-state index is 0.331. The second kappa shape index (κ2) is 5.58. The third kappa shape index (κ3) is 2.76. The number of esters is 1. The Bertz CT molecular complexity index is 794. The van der Waals surface area contributed by atoms with Gasteiger partial charge >= 0.3 is 5.97 Å². The first-order valence-electron chi connectivity index (χ1n) is 6.60. The SMILES string of the molecule is CCOC(=O)c1ccc2nc(-c3ccc(Cl)cc3)[nH]c2c1. The zero-order valence-electron chi connectivity index (χ0n) is 11.4. The molecular formula is C16H13ClN2O2. The molecule has 0 aliphatic heterocycles. The van der Waals surface area contributed by atoms with E-state index in [0.717, 1.165) is 22.4 Å². The minimum Gasteiger partial charge on any atom is -0.462 e. The van der Waals surface area contributed by atoms with Crippen molar-refractivity contribution in [2.24, 2.45) is 0 Å². The first kappa shape index (κ1) is 13.6. The standard InChI is InChI=1S/C16H13ClN2O2/c1-2-21-16(20)11-5-8-13-14(9-11)19-15(18-13)10-3-6-12(17)7-4-10/h3-9H,2H2,1H3,(H,18,19). The maximum absolute atomic E-state index is 11.7. The topological polar surface area (TPSA) is 55.0 Å². The van der Waals surface area contributed by atoms with E-state index in [-0.39, 0.29) is 5.97 Å². The van der Waals surface area contributed by atoms with Gasteiger partial charge in [0, 0.05) is 10.6 Å². The van der Waals surface area contributed by atoms with Crippen LogP contribution in [-0.4, -0.2) is 22.5 Å². The van der Waals surface area contributed by atoms with Crippen LogP contribution in [0.25, 0.3) is 22.4 Å². The number of fused-ring (bicyclic) bond motifs is 1. The van der Waals surface area contributed by atoms with E-state index in [1.807, 2.05) is 24.3 Å². The van der Waals surface area contributed by atoms with Gasteiger partial charge in [0.25, 0.3) is 0 Å². The van der Waals surface area contributed by atoms with Crippen molar-refractivity contribution in [1.29, 1.82) is 0 Å². The third-order valence-corrected chi connectivity index (χ3v) is 3.36. The summed E-state index contributed by atoms with van der Waals surface area (Å²) >= 11 is 5.88. The predicted molar refractivity (Wildman–Crippen MR) is 82.5 cm³/mol. The first-order chi connectivity index (χ1) is 10.2. The summed E-state index contributed by atoms with van der Waals surface area (Å²) in [7, 11) is 0. The number of nitrogens with one attached hydrogen (secondary N) is 1. The van der Waals surface area contributed by atoms with E-state index in [9.17, 15) is 4.79 Å². The molecule has 3 rings (SSSR count). The van der Waals surface area contributed by atoms with Crippen molar-refractivity contribution in [3.05, 3.63) is 53.1 Å². The van der Waals surface area contributed by atoms with E-state index in [2.05, 4.69) is 9.97 Å². The van der Waals surface area contributed by atoms with Crippen molar-refractivity contribution in [1.82, 2.24) is 9.97 Å². The fourth-order valence-electron chi connectivity index (χ4n) is 2.10. The number of ether oxygens (including phenoxy) is 1. The van der Waals surface area contributed by atoms with Gasteiger partial charge in [-0.25, -0.2) is 9.78 Å². The Kier molecular flexibility index (Phi) is 3.62. The summed E-state index contributed by atoms with van der Waals surface area (Å²) in [6.45, 7) is 2.14. The average Bonchev–Trinajstić information content (AvgIpc) is 2.91. The fraction of sp³-hybridized carbons (Fsp3) is 0.125. The molecule has 0 aliphatic rings. The van der Waals surface area contributed by atoms with Gasteiger partial charge in [-0.2, -0.15) is 0 Å². The largest absolute Gasteiger partial charge is 0.462 e. The maximum Gasteiger partial charge on any atom is 0.338 e. The van der Waals surface area contributed by atoms with Gasteiger partial charge in [-0.1, -0.05) is 11.6 Å². The number of rotatable bonds is 3. The highest BCUT2D eigenvalue weighted by Gasteiger charge is 2.10. The summed E-state index contributed by atoms with van der Waals surface area (Å²) in [6.07, 6.45) is 0. The van der Waals surface area contributed by atoms with Crippen LogP contribution in [0.2, 0.25) is 5.02 Å². The van der Waals surface area contributed by atoms with Gasteiger partial charge in [0.15, 0.2) is 0 Å². The highest BCUT2D eigenvalue weighted by atomic mass is 35.5. The lowest BCUT2D eigenvalue weighted by Gasteiger charge is -2.00. The van der Waals surface area contributed by atoms with Gasteiger partial charge in [-0.05, 0) is 49.4 Å². The van der Waals surface area contributed by atoms with Crippen LogP contribution in [0.5, 0.6) is 0 Å². The van der Waals surface area contributed by atoms with Crippen LogP contribution in [0.3, 0.4) is 0 Å². The quantitative estimate of drug-likeness (QED) is 0.742. The number of H-pyrrole nitrogens is 1. The van der Waals surface area contributed by atoms with Crippen LogP contribution in [0.4, 0.5) is 0 Å². The molecule has 0 saturated carbocycles. The molecule has 1 N–H and O–H groups in total. The highest BCUT2D eigenvalue weighted by Crippen LogP contribution is 2.23. The van der Waals surface area contributed by atoms with Crippen molar-refractivity contribution < 1.29 is 9.53 Å². The number of hydrogen-bond donors (Lipinski definition) is 1. The Morgan fingerprint density at radius 3 is 2.71 bits per heavy atom. The summed E-state index contributed by atoms with van der Waals surface area (Å²) < 4.78 is 4.99. The van der Waals surface area contributed by atoms with E-state index < -0.39 is 0 Å². The first-order valence-corrected chi connectivity index (χ1v) is 6.98. The van der Waals surface area contributed by atoms with Crippen LogP contribution in [0.1, 0.15) is 17.3 Å². The van der Waals surface area contributed by atoms with E-state index in [4.69, 9.17) is 16.3 Å². The van der Waals surface area contributed by atoms with E-state index in [1.165, 1.54) is 0 Å². The van der Waals surface area contributed by atoms with Gasteiger partial charge in [-0.15, -0.1) is 0 Å².